The van der Waals surface area contributed by atoms with Crippen molar-refractivity contribution in [1.82, 2.24) is 5.32 Å². The standard InChI is InChI=1S/C18H21Cl2N/c1-5-21-18(15-10-14(19)7-6-11(15)2)16-8-12(3)13(4)9-17(16)20/h6-10,18,21H,5H2,1-4H3. The Hall–Kier alpha value is -1.02. The number of hydrogen-bond donors (Lipinski definition) is 1. The zero-order valence-electron chi connectivity index (χ0n) is 12.9. The molecule has 21 heavy (non-hydrogen) atoms. The molecule has 1 N–H and O–H groups in total. The number of halogens is 2. The van der Waals surface area contributed by atoms with Crippen LogP contribution in [0.4, 0.5) is 0 Å². The van der Waals surface area contributed by atoms with E-state index in [-0.39, 0.29) is 6.04 Å². The largest absolute Gasteiger partial charge is 0.306 e. The molecule has 0 radical (unpaired) electrons. The molecule has 0 spiro atoms. The third kappa shape index (κ3) is 3.60. The maximum absolute atomic E-state index is 6.50. The molecule has 0 bridgehead atoms. The van der Waals surface area contributed by atoms with Gasteiger partial charge in [-0.2, -0.15) is 0 Å². The first kappa shape index (κ1) is 16.4. The summed E-state index contributed by atoms with van der Waals surface area (Å²) in [7, 11) is 0. The van der Waals surface area contributed by atoms with Gasteiger partial charge >= 0.3 is 0 Å². The van der Waals surface area contributed by atoms with Crippen molar-refractivity contribution in [2.45, 2.75) is 33.7 Å². The van der Waals surface area contributed by atoms with Gasteiger partial charge in [-0.25, -0.2) is 0 Å². The Kier molecular flexibility index (Phi) is 5.32. The summed E-state index contributed by atoms with van der Waals surface area (Å²) in [5.41, 5.74) is 5.94. The van der Waals surface area contributed by atoms with Crippen molar-refractivity contribution in [1.29, 1.82) is 0 Å². The molecule has 1 unspecified atom stereocenters. The van der Waals surface area contributed by atoms with Crippen LogP contribution >= 0.6 is 23.2 Å². The van der Waals surface area contributed by atoms with E-state index in [1.807, 2.05) is 18.2 Å². The summed E-state index contributed by atoms with van der Waals surface area (Å²) in [6.45, 7) is 9.26. The molecule has 0 aliphatic carbocycles. The second-order valence-electron chi connectivity index (χ2n) is 5.45. The SMILES string of the molecule is CCNC(c1cc(Cl)ccc1C)c1cc(C)c(C)cc1Cl. The van der Waals surface area contributed by atoms with Crippen LogP contribution in [0.15, 0.2) is 30.3 Å². The molecule has 0 amide bonds. The molecule has 112 valence electrons. The molecule has 2 rings (SSSR count). The highest BCUT2D eigenvalue weighted by Gasteiger charge is 2.19. The molecule has 0 fully saturated rings. The van der Waals surface area contributed by atoms with Gasteiger partial charge in [0.2, 0.25) is 0 Å². The zero-order valence-corrected chi connectivity index (χ0v) is 14.4. The first-order valence-electron chi connectivity index (χ1n) is 7.20. The number of nitrogens with one attached hydrogen (secondary N) is 1. The topological polar surface area (TPSA) is 12.0 Å². The summed E-state index contributed by atoms with van der Waals surface area (Å²) in [5.74, 6) is 0. The van der Waals surface area contributed by atoms with E-state index in [1.165, 1.54) is 22.3 Å². The summed E-state index contributed by atoms with van der Waals surface area (Å²) in [4.78, 5) is 0. The Labute approximate surface area is 137 Å². The zero-order chi connectivity index (χ0) is 15.6. The first-order chi connectivity index (χ1) is 9.93. The van der Waals surface area contributed by atoms with Gasteiger partial charge in [0.25, 0.3) is 0 Å². The van der Waals surface area contributed by atoms with E-state index in [9.17, 15) is 0 Å². The summed E-state index contributed by atoms with van der Waals surface area (Å²) in [6, 6.07) is 10.3. The van der Waals surface area contributed by atoms with Gasteiger partial charge in [-0.15, -0.1) is 0 Å². The van der Waals surface area contributed by atoms with E-state index in [1.54, 1.807) is 0 Å². The minimum absolute atomic E-state index is 0.0560. The van der Waals surface area contributed by atoms with Crippen molar-refractivity contribution < 1.29 is 0 Å². The van der Waals surface area contributed by atoms with E-state index in [0.29, 0.717) is 0 Å². The molecule has 0 saturated heterocycles. The monoisotopic (exact) mass is 321 g/mol. The van der Waals surface area contributed by atoms with Gasteiger partial charge in [0.05, 0.1) is 6.04 Å². The van der Waals surface area contributed by atoms with Crippen LogP contribution in [0.25, 0.3) is 0 Å². The third-order valence-corrected chi connectivity index (χ3v) is 4.45. The van der Waals surface area contributed by atoms with Gasteiger partial charge in [-0.1, -0.05) is 42.3 Å². The highest BCUT2D eigenvalue weighted by Crippen LogP contribution is 2.33. The van der Waals surface area contributed by atoms with E-state index < -0.39 is 0 Å². The summed E-state index contributed by atoms with van der Waals surface area (Å²) in [6.07, 6.45) is 0. The van der Waals surface area contributed by atoms with Crippen molar-refractivity contribution in [2.75, 3.05) is 6.54 Å². The van der Waals surface area contributed by atoms with Gasteiger partial charge in [0.15, 0.2) is 0 Å². The molecule has 2 aromatic rings. The van der Waals surface area contributed by atoms with Gasteiger partial charge in [0, 0.05) is 10.0 Å². The fraction of sp³-hybridized carbons (Fsp3) is 0.333. The average molecular weight is 322 g/mol. The van der Waals surface area contributed by atoms with Crippen LogP contribution in [0.5, 0.6) is 0 Å². The molecule has 0 saturated carbocycles. The van der Waals surface area contributed by atoms with Gasteiger partial charge < -0.3 is 5.32 Å². The van der Waals surface area contributed by atoms with Crippen LogP contribution in [0.2, 0.25) is 10.0 Å². The maximum Gasteiger partial charge on any atom is 0.0594 e. The molecule has 0 aromatic heterocycles. The minimum Gasteiger partial charge on any atom is -0.306 e. The van der Waals surface area contributed by atoms with Crippen molar-refractivity contribution in [3.8, 4) is 0 Å². The van der Waals surface area contributed by atoms with Crippen LogP contribution in [0.1, 0.15) is 40.8 Å². The van der Waals surface area contributed by atoms with Gasteiger partial charge in [-0.3, -0.25) is 0 Å². The molecular weight excluding hydrogens is 301 g/mol. The van der Waals surface area contributed by atoms with Crippen LogP contribution in [-0.2, 0) is 0 Å². The number of hydrogen-bond acceptors (Lipinski definition) is 1. The van der Waals surface area contributed by atoms with Crippen LogP contribution in [0.3, 0.4) is 0 Å². The van der Waals surface area contributed by atoms with E-state index >= 15 is 0 Å². The Balaban J connectivity index is 2.58. The highest BCUT2D eigenvalue weighted by atomic mass is 35.5. The fourth-order valence-corrected chi connectivity index (χ4v) is 3.05. The highest BCUT2D eigenvalue weighted by molar-refractivity contribution is 6.31. The first-order valence-corrected chi connectivity index (χ1v) is 7.95. The van der Waals surface area contributed by atoms with Crippen molar-refractivity contribution in [3.63, 3.8) is 0 Å². The smallest absolute Gasteiger partial charge is 0.0594 e. The minimum atomic E-state index is 0.0560. The predicted molar refractivity (Wildman–Crippen MR) is 92.6 cm³/mol. The van der Waals surface area contributed by atoms with E-state index in [0.717, 1.165) is 22.2 Å². The molecule has 1 atom stereocenters. The molecule has 0 aliphatic rings. The van der Waals surface area contributed by atoms with Crippen molar-refractivity contribution >= 4 is 23.2 Å². The Morgan fingerprint density at radius 3 is 2.24 bits per heavy atom. The second-order valence-corrected chi connectivity index (χ2v) is 6.29. The van der Waals surface area contributed by atoms with Crippen LogP contribution in [0, 0.1) is 20.8 Å². The third-order valence-electron chi connectivity index (χ3n) is 3.88. The van der Waals surface area contributed by atoms with Crippen LogP contribution < -0.4 is 5.32 Å². The fourth-order valence-electron chi connectivity index (χ4n) is 2.54. The van der Waals surface area contributed by atoms with Crippen LogP contribution in [-0.4, -0.2) is 6.54 Å². The van der Waals surface area contributed by atoms with E-state index in [4.69, 9.17) is 23.2 Å². The molecule has 1 nitrogen and oxygen atoms in total. The normalized spacial score (nSPS) is 12.5. The van der Waals surface area contributed by atoms with Gasteiger partial charge in [0.1, 0.15) is 0 Å². The summed E-state index contributed by atoms with van der Waals surface area (Å²) >= 11 is 12.7. The lowest BCUT2D eigenvalue weighted by atomic mass is 9.92. The maximum atomic E-state index is 6.50. The predicted octanol–water partition coefficient (Wildman–Crippen LogP) is 5.62. The Bertz CT molecular complexity index is 650. The lowest BCUT2D eigenvalue weighted by molar-refractivity contribution is 0.627. The lowest BCUT2D eigenvalue weighted by Gasteiger charge is -2.23. The summed E-state index contributed by atoms with van der Waals surface area (Å²) in [5, 5.41) is 5.07. The average Bonchev–Trinajstić information content (AvgIpc) is 2.43. The van der Waals surface area contributed by atoms with E-state index in [2.05, 4.69) is 45.1 Å². The molecule has 0 heterocycles. The Morgan fingerprint density at radius 2 is 1.57 bits per heavy atom. The molecule has 2 aromatic carbocycles. The number of aryl methyl sites for hydroxylation is 3. The molecule has 0 aliphatic heterocycles. The van der Waals surface area contributed by atoms with Crippen molar-refractivity contribution in [2.24, 2.45) is 0 Å². The number of benzene rings is 2. The molecule has 3 heteroatoms. The number of rotatable bonds is 4. The second kappa shape index (κ2) is 6.83. The quantitative estimate of drug-likeness (QED) is 0.770. The lowest BCUT2D eigenvalue weighted by Crippen LogP contribution is -2.23. The van der Waals surface area contributed by atoms with Gasteiger partial charge in [-0.05, 0) is 73.3 Å². The Morgan fingerprint density at radius 1 is 0.905 bits per heavy atom. The van der Waals surface area contributed by atoms with Crippen molar-refractivity contribution in [3.05, 3.63) is 68.2 Å². The summed E-state index contributed by atoms with van der Waals surface area (Å²) < 4.78 is 0. The molecular formula is C18H21Cl2N.